The third kappa shape index (κ3) is 3.48. The summed E-state index contributed by atoms with van der Waals surface area (Å²) in [5.41, 5.74) is 1.09. The number of piperazine rings is 1. The van der Waals surface area contributed by atoms with Crippen molar-refractivity contribution in [2.24, 2.45) is 0 Å². The smallest absolute Gasteiger partial charge is 0.272 e. The highest BCUT2D eigenvalue weighted by Gasteiger charge is 2.24. The van der Waals surface area contributed by atoms with Crippen LogP contribution in [0.1, 0.15) is 10.5 Å². The number of anilines is 1. The number of amides is 1. The summed E-state index contributed by atoms with van der Waals surface area (Å²) in [7, 11) is 0. The van der Waals surface area contributed by atoms with Crippen LogP contribution in [0, 0.1) is 11.6 Å². The number of nitrogens with one attached hydrogen (secondary N) is 1. The largest absolute Gasteiger partial charge is 0.337 e. The van der Waals surface area contributed by atoms with Crippen molar-refractivity contribution in [1.29, 1.82) is 0 Å². The number of halogens is 2. The zero-order valence-corrected chi connectivity index (χ0v) is 14.3. The van der Waals surface area contributed by atoms with Gasteiger partial charge in [0.2, 0.25) is 5.95 Å². The monoisotopic (exact) mass is 370 g/mol. The number of carbonyl (C=O) groups is 1. The van der Waals surface area contributed by atoms with Crippen LogP contribution in [-0.2, 0) is 0 Å². The van der Waals surface area contributed by atoms with Crippen molar-refractivity contribution in [2.45, 2.75) is 0 Å². The lowest BCUT2D eigenvalue weighted by molar-refractivity contribution is 0.0740. The SMILES string of the molecule is O=C(c1cc(-c2ccc(F)c(F)c2)n[nH]1)N1CCN(c2ncccn2)CC1. The summed E-state index contributed by atoms with van der Waals surface area (Å²) in [6, 6.07) is 6.80. The average molecular weight is 370 g/mol. The van der Waals surface area contributed by atoms with Gasteiger partial charge in [0, 0.05) is 44.1 Å². The van der Waals surface area contributed by atoms with E-state index in [1.54, 1.807) is 29.4 Å². The van der Waals surface area contributed by atoms with E-state index in [4.69, 9.17) is 0 Å². The average Bonchev–Trinajstić information content (AvgIpc) is 3.20. The zero-order valence-electron chi connectivity index (χ0n) is 14.3. The highest BCUT2D eigenvalue weighted by molar-refractivity contribution is 5.93. The van der Waals surface area contributed by atoms with Crippen LogP contribution in [0.2, 0.25) is 0 Å². The van der Waals surface area contributed by atoms with Gasteiger partial charge < -0.3 is 9.80 Å². The first-order valence-corrected chi connectivity index (χ1v) is 8.44. The number of rotatable bonds is 3. The number of aromatic amines is 1. The van der Waals surface area contributed by atoms with E-state index in [0.717, 1.165) is 12.1 Å². The van der Waals surface area contributed by atoms with Gasteiger partial charge in [0.15, 0.2) is 11.6 Å². The first-order valence-electron chi connectivity index (χ1n) is 8.44. The van der Waals surface area contributed by atoms with E-state index in [1.165, 1.54) is 6.07 Å². The molecule has 0 atom stereocenters. The van der Waals surface area contributed by atoms with Gasteiger partial charge in [-0.25, -0.2) is 18.7 Å². The molecule has 0 aliphatic carbocycles. The van der Waals surface area contributed by atoms with Crippen LogP contribution in [0.3, 0.4) is 0 Å². The van der Waals surface area contributed by atoms with E-state index < -0.39 is 11.6 Å². The number of benzene rings is 1. The van der Waals surface area contributed by atoms with E-state index in [9.17, 15) is 13.6 Å². The van der Waals surface area contributed by atoms with Crippen LogP contribution in [0.4, 0.5) is 14.7 Å². The molecule has 0 radical (unpaired) electrons. The Labute approximate surface area is 153 Å². The quantitative estimate of drug-likeness (QED) is 0.764. The molecule has 7 nitrogen and oxygen atoms in total. The molecular formula is C18H16F2N6O. The van der Waals surface area contributed by atoms with E-state index in [2.05, 4.69) is 20.2 Å². The third-order valence-electron chi connectivity index (χ3n) is 4.43. The first kappa shape index (κ1) is 17.1. The normalized spacial score (nSPS) is 14.4. The minimum absolute atomic E-state index is 0.190. The molecule has 0 spiro atoms. The van der Waals surface area contributed by atoms with Gasteiger partial charge in [-0.1, -0.05) is 0 Å². The minimum Gasteiger partial charge on any atom is -0.337 e. The van der Waals surface area contributed by atoms with Gasteiger partial charge in [-0.15, -0.1) is 0 Å². The van der Waals surface area contributed by atoms with Gasteiger partial charge in [-0.2, -0.15) is 5.10 Å². The molecule has 1 fully saturated rings. The number of aromatic nitrogens is 4. The molecule has 0 unspecified atom stereocenters. The molecule has 1 aliphatic rings. The maximum Gasteiger partial charge on any atom is 0.272 e. The number of carbonyl (C=O) groups excluding carboxylic acids is 1. The van der Waals surface area contributed by atoms with Crippen LogP contribution < -0.4 is 4.90 Å². The number of hydrogen-bond acceptors (Lipinski definition) is 5. The van der Waals surface area contributed by atoms with Crippen molar-refractivity contribution >= 4 is 11.9 Å². The highest BCUT2D eigenvalue weighted by atomic mass is 19.2. The molecule has 0 saturated carbocycles. The molecule has 1 amide bonds. The number of H-pyrrole nitrogens is 1. The summed E-state index contributed by atoms with van der Waals surface area (Å²) < 4.78 is 26.5. The van der Waals surface area contributed by atoms with E-state index in [1.807, 2.05) is 4.90 Å². The van der Waals surface area contributed by atoms with Gasteiger partial charge >= 0.3 is 0 Å². The van der Waals surface area contributed by atoms with Crippen molar-refractivity contribution in [2.75, 3.05) is 31.1 Å². The molecule has 1 aliphatic heterocycles. The predicted octanol–water partition coefficient (Wildman–Crippen LogP) is 2.11. The number of nitrogens with zero attached hydrogens (tertiary/aromatic N) is 5. The Bertz CT molecular complexity index is 953. The Morgan fingerprint density at radius 3 is 2.44 bits per heavy atom. The predicted molar refractivity (Wildman–Crippen MR) is 94.1 cm³/mol. The summed E-state index contributed by atoms with van der Waals surface area (Å²) in [4.78, 5) is 24.8. The number of hydrogen-bond donors (Lipinski definition) is 1. The van der Waals surface area contributed by atoms with Gasteiger partial charge in [-0.3, -0.25) is 9.89 Å². The molecule has 3 heterocycles. The molecule has 4 rings (SSSR count). The molecule has 3 aromatic rings. The van der Waals surface area contributed by atoms with Crippen molar-refractivity contribution in [3.05, 3.63) is 60.1 Å². The fourth-order valence-electron chi connectivity index (χ4n) is 2.97. The van der Waals surface area contributed by atoms with Crippen LogP contribution >= 0.6 is 0 Å². The second-order valence-corrected chi connectivity index (χ2v) is 6.12. The molecule has 1 saturated heterocycles. The lowest BCUT2D eigenvalue weighted by Crippen LogP contribution is -2.49. The molecular weight excluding hydrogens is 354 g/mol. The van der Waals surface area contributed by atoms with E-state index in [-0.39, 0.29) is 5.91 Å². The summed E-state index contributed by atoms with van der Waals surface area (Å²) in [5, 5.41) is 6.73. The van der Waals surface area contributed by atoms with Gasteiger partial charge in [0.25, 0.3) is 5.91 Å². The Balaban J connectivity index is 1.43. The van der Waals surface area contributed by atoms with Crippen molar-refractivity contribution in [3.8, 4) is 11.3 Å². The second-order valence-electron chi connectivity index (χ2n) is 6.12. The minimum atomic E-state index is -0.956. The van der Waals surface area contributed by atoms with Gasteiger partial charge in [0.05, 0.1) is 5.69 Å². The van der Waals surface area contributed by atoms with Gasteiger partial charge in [0.1, 0.15) is 5.69 Å². The maximum atomic E-state index is 13.4. The van der Waals surface area contributed by atoms with Crippen molar-refractivity contribution in [3.63, 3.8) is 0 Å². The highest BCUT2D eigenvalue weighted by Crippen LogP contribution is 2.21. The molecule has 9 heteroatoms. The molecule has 0 bridgehead atoms. The fourth-order valence-corrected chi connectivity index (χ4v) is 2.97. The fraction of sp³-hybridized carbons (Fsp3) is 0.222. The van der Waals surface area contributed by atoms with Crippen LogP contribution in [0.5, 0.6) is 0 Å². The topological polar surface area (TPSA) is 78.0 Å². The van der Waals surface area contributed by atoms with Crippen LogP contribution in [0.25, 0.3) is 11.3 Å². The van der Waals surface area contributed by atoms with Crippen molar-refractivity contribution < 1.29 is 13.6 Å². The van der Waals surface area contributed by atoms with E-state index in [0.29, 0.717) is 49.1 Å². The maximum absolute atomic E-state index is 13.4. The molecule has 2 aromatic heterocycles. The molecule has 27 heavy (non-hydrogen) atoms. The Morgan fingerprint density at radius 2 is 1.74 bits per heavy atom. The summed E-state index contributed by atoms with van der Waals surface area (Å²) >= 11 is 0. The Kier molecular flexibility index (Phi) is 4.49. The van der Waals surface area contributed by atoms with E-state index >= 15 is 0 Å². The summed E-state index contributed by atoms with van der Waals surface area (Å²) in [5.74, 6) is -1.43. The van der Waals surface area contributed by atoms with Crippen molar-refractivity contribution in [1.82, 2.24) is 25.1 Å². The zero-order chi connectivity index (χ0) is 18.8. The van der Waals surface area contributed by atoms with Crippen LogP contribution in [0.15, 0.2) is 42.7 Å². The lowest BCUT2D eigenvalue weighted by atomic mass is 10.1. The summed E-state index contributed by atoms with van der Waals surface area (Å²) in [6.45, 7) is 2.30. The third-order valence-corrected chi connectivity index (χ3v) is 4.43. The molecule has 138 valence electrons. The summed E-state index contributed by atoms with van der Waals surface area (Å²) in [6.07, 6.45) is 3.37. The van der Waals surface area contributed by atoms with Crippen LogP contribution in [-0.4, -0.2) is 57.2 Å². The first-order chi connectivity index (χ1) is 13.1. The lowest BCUT2D eigenvalue weighted by Gasteiger charge is -2.34. The molecule has 1 aromatic carbocycles. The Hall–Kier alpha value is -3.36. The van der Waals surface area contributed by atoms with Gasteiger partial charge in [-0.05, 0) is 30.3 Å². The second kappa shape index (κ2) is 7.10. The molecule has 1 N–H and O–H groups in total. The standard InChI is InChI=1S/C18H16F2N6O/c19-13-3-2-12(10-14(13)20)15-11-16(24-23-15)17(27)25-6-8-26(9-7-25)18-21-4-1-5-22-18/h1-5,10-11H,6-9H2,(H,23,24). The Morgan fingerprint density at radius 1 is 1.00 bits per heavy atom.